The fourth-order valence-corrected chi connectivity index (χ4v) is 1.81. The van der Waals surface area contributed by atoms with Crippen LogP contribution >= 0.6 is 0 Å². The van der Waals surface area contributed by atoms with E-state index in [0.29, 0.717) is 0 Å². The average Bonchev–Trinajstić information content (AvgIpc) is 1.97. The van der Waals surface area contributed by atoms with Crippen molar-refractivity contribution in [2.75, 3.05) is 0 Å². The molecule has 1 aliphatic rings. The van der Waals surface area contributed by atoms with Crippen LogP contribution in [0.4, 0.5) is 0 Å². The Kier molecular flexibility index (Phi) is 2.63. The molecule has 1 atom stereocenters. The Morgan fingerprint density at radius 1 is 1.21 bits per heavy atom. The van der Waals surface area contributed by atoms with Gasteiger partial charge in [0.2, 0.25) is 0 Å². The smallest absolute Gasteiger partial charge is 0.190 e. The van der Waals surface area contributed by atoms with Crippen molar-refractivity contribution in [3.63, 3.8) is 0 Å². The molecule has 3 N–H and O–H groups in total. The van der Waals surface area contributed by atoms with Crippen LogP contribution in [0, 0.1) is 5.41 Å². The molecule has 0 saturated heterocycles. The molecule has 1 heterocycles. The Morgan fingerprint density at radius 2 is 1.71 bits per heavy atom. The van der Waals surface area contributed by atoms with Crippen molar-refractivity contribution in [2.24, 2.45) is 5.41 Å². The molecule has 1 unspecified atom stereocenters. The molecule has 80 valence electrons. The molecular formula is C11H19NO2. The van der Waals surface area contributed by atoms with Crippen LogP contribution in [0.5, 0.6) is 0 Å². The van der Waals surface area contributed by atoms with Gasteiger partial charge in [-0.15, -0.1) is 0 Å². The first-order chi connectivity index (χ1) is 6.25. The summed E-state index contributed by atoms with van der Waals surface area (Å²) in [5.74, 6) is 0.0908. The highest BCUT2D eigenvalue weighted by atomic mass is 16.3. The number of aliphatic hydroxyl groups is 2. The lowest BCUT2D eigenvalue weighted by molar-refractivity contribution is 0.150. The molecule has 0 fully saturated rings. The molecule has 0 aliphatic carbocycles. The second-order valence-electron chi connectivity index (χ2n) is 4.83. The zero-order chi connectivity index (χ0) is 11.1. The number of nitrogens with one attached hydrogen (secondary N) is 1. The molecule has 0 aromatic rings. The molecule has 0 saturated carbocycles. The summed E-state index contributed by atoms with van der Waals surface area (Å²) in [7, 11) is 0. The largest absolute Gasteiger partial charge is 0.495 e. The maximum Gasteiger partial charge on any atom is 0.190 e. The van der Waals surface area contributed by atoms with Gasteiger partial charge in [-0.3, -0.25) is 0 Å². The van der Waals surface area contributed by atoms with Gasteiger partial charge >= 0.3 is 0 Å². The van der Waals surface area contributed by atoms with Crippen molar-refractivity contribution in [1.82, 2.24) is 5.32 Å². The Labute approximate surface area is 85.1 Å². The highest BCUT2D eigenvalue weighted by molar-refractivity contribution is 5.42. The zero-order valence-electron chi connectivity index (χ0n) is 9.47. The van der Waals surface area contributed by atoms with Crippen LogP contribution in [0.2, 0.25) is 0 Å². The van der Waals surface area contributed by atoms with Gasteiger partial charge < -0.3 is 15.5 Å². The molecule has 3 heteroatoms. The summed E-state index contributed by atoms with van der Waals surface area (Å²) in [6, 6.07) is 0. The van der Waals surface area contributed by atoms with E-state index in [9.17, 15) is 10.2 Å². The minimum Gasteiger partial charge on any atom is -0.495 e. The number of rotatable bonds is 0. The topological polar surface area (TPSA) is 52.5 Å². The second kappa shape index (κ2) is 3.31. The van der Waals surface area contributed by atoms with Crippen molar-refractivity contribution in [3.05, 3.63) is 22.6 Å². The Bertz CT molecular complexity index is 308. The minimum atomic E-state index is -0.763. The molecule has 0 spiro atoms. The fraction of sp³-hybridized carbons (Fsp3) is 0.636. The fourth-order valence-electron chi connectivity index (χ4n) is 1.81. The van der Waals surface area contributed by atoms with Crippen molar-refractivity contribution >= 4 is 0 Å². The van der Waals surface area contributed by atoms with Gasteiger partial charge in [0.1, 0.15) is 6.23 Å². The number of aliphatic hydroxyl groups excluding tert-OH is 2. The van der Waals surface area contributed by atoms with Crippen molar-refractivity contribution in [1.29, 1.82) is 0 Å². The molecule has 1 aliphatic heterocycles. The third-order valence-electron chi connectivity index (χ3n) is 2.64. The van der Waals surface area contributed by atoms with E-state index in [2.05, 4.69) is 5.32 Å². The molecule has 0 bridgehead atoms. The summed E-state index contributed by atoms with van der Waals surface area (Å²) in [5, 5.41) is 21.9. The standard InChI is InChI=1S/C11H19NO2/c1-6-7(2)9(13)12-10(14)8(6)11(3,4)5/h9,12-14H,1-5H3. The van der Waals surface area contributed by atoms with E-state index in [1.807, 2.05) is 34.6 Å². The summed E-state index contributed by atoms with van der Waals surface area (Å²) >= 11 is 0. The van der Waals surface area contributed by atoms with Crippen LogP contribution in [0.1, 0.15) is 34.6 Å². The van der Waals surface area contributed by atoms with E-state index in [1.54, 1.807) is 0 Å². The second-order valence-corrected chi connectivity index (χ2v) is 4.83. The van der Waals surface area contributed by atoms with Gasteiger partial charge in [-0.25, -0.2) is 0 Å². The maximum atomic E-state index is 9.74. The summed E-state index contributed by atoms with van der Waals surface area (Å²) in [6.45, 7) is 9.90. The van der Waals surface area contributed by atoms with Crippen molar-refractivity contribution in [3.8, 4) is 0 Å². The number of hydrogen-bond acceptors (Lipinski definition) is 3. The lowest BCUT2D eigenvalue weighted by Gasteiger charge is -2.32. The highest BCUT2D eigenvalue weighted by Crippen LogP contribution is 2.36. The van der Waals surface area contributed by atoms with E-state index < -0.39 is 6.23 Å². The quantitative estimate of drug-likeness (QED) is 0.557. The molecule has 0 amide bonds. The first-order valence-corrected chi connectivity index (χ1v) is 4.81. The summed E-state index contributed by atoms with van der Waals surface area (Å²) in [4.78, 5) is 0. The zero-order valence-corrected chi connectivity index (χ0v) is 9.47. The van der Waals surface area contributed by atoms with Crippen LogP contribution in [-0.2, 0) is 0 Å². The third kappa shape index (κ3) is 1.77. The molecule has 0 aromatic carbocycles. The van der Waals surface area contributed by atoms with Gasteiger partial charge in [0, 0.05) is 5.57 Å². The Balaban J connectivity index is 3.24. The van der Waals surface area contributed by atoms with Gasteiger partial charge in [0.05, 0.1) is 0 Å². The summed E-state index contributed by atoms with van der Waals surface area (Å²) < 4.78 is 0. The lowest BCUT2D eigenvalue weighted by atomic mass is 9.79. The van der Waals surface area contributed by atoms with Crippen LogP contribution in [-0.4, -0.2) is 16.4 Å². The molecular weight excluding hydrogens is 178 g/mol. The predicted octanol–water partition coefficient (Wildman–Crippen LogP) is 2.06. The molecule has 0 aromatic heterocycles. The van der Waals surface area contributed by atoms with Crippen LogP contribution < -0.4 is 5.32 Å². The van der Waals surface area contributed by atoms with E-state index >= 15 is 0 Å². The number of allylic oxidation sites excluding steroid dienone is 2. The molecule has 1 rings (SSSR count). The van der Waals surface area contributed by atoms with E-state index in [4.69, 9.17) is 0 Å². The van der Waals surface area contributed by atoms with Crippen molar-refractivity contribution in [2.45, 2.75) is 40.8 Å². The maximum absolute atomic E-state index is 9.74. The molecule has 0 radical (unpaired) electrons. The van der Waals surface area contributed by atoms with Crippen molar-refractivity contribution < 1.29 is 10.2 Å². The Morgan fingerprint density at radius 3 is 2.14 bits per heavy atom. The van der Waals surface area contributed by atoms with Gasteiger partial charge in [-0.05, 0) is 30.4 Å². The number of dihydropyridines is 1. The van der Waals surface area contributed by atoms with Crippen LogP contribution in [0.3, 0.4) is 0 Å². The summed E-state index contributed by atoms with van der Waals surface area (Å²) in [6.07, 6.45) is -0.763. The van der Waals surface area contributed by atoms with E-state index in [0.717, 1.165) is 16.7 Å². The third-order valence-corrected chi connectivity index (χ3v) is 2.64. The average molecular weight is 197 g/mol. The predicted molar refractivity (Wildman–Crippen MR) is 56.6 cm³/mol. The molecule has 14 heavy (non-hydrogen) atoms. The first-order valence-electron chi connectivity index (χ1n) is 4.81. The van der Waals surface area contributed by atoms with Gasteiger partial charge in [-0.1, -0.05) is 20.8 Å². The normalized spacial score (nSPS) is 24.0. The van der Waals surface area contributed by atoms with Crippen LogP contribution in [0.25, 0.3) is 0 Å². The van der Waals surface area contributed by atoms with E-state index in [-0.39, 0.29) is 11.3 Å². The highest BCUT2D eigenvalue weighted by Gasteiger charge is 2.29. The van der Waals surface area contributed by atoms with Gasteiger partial charge in [-0.2, -0.15) is 0 Å². The molecule has 3 nitrogen and oxygen atoms in total. The monoisotopic (exact) mass is 197 g/mol. The van der Waals surface area contributed by atoms with Crippen LogP contribution in [0.15, 0.2) is 22.6 Å². The van der Waals surface area contributed by atoms with Gasteiger partial charge in [0.25, 0.3) is 0 Å². The lowest BCUT2D eigenvalue weighted by Crippen LogP contribution is -2.36. The SMILES string of the molecule is CC1=C(C)C(O)NC(O)=C1C(C)(C)C. The summed E-state index contributed by atoms with van der Waals surface area (Å²) in [5.41, 5.74) is 2.59. The Hall–Kier alpha value is -0.960. The first kappa shape index (κ1) is 11.1. The van der Waals surface area contributed by atoms with Gasteiger partial charge in [0.15, 0.2) is 5.88 Å². The minimum absolute atomic E-state index is 0.0908. The van der Waals surface area contributed by atoms with E-state index in [1.165, 1.54) is 0 Å². The number of hydrogen-bond donors (Lipinski definition) is 3.